The number of benzene rings is 3. The Hall–Kier alpha value is -3.60. The zero-order chi connectivity index (χ0) is 19.0. The molecule has 0 amide bonds. The van der Waals surface area contributed by atoms with Crippen LogP contribution in [-0.2, 0) is 0 Å². The van der Waals surface area contributed by atoms with Crippen molar-refractivity contribution in [2.45, 2.75) is 0 Å². The maximum Gasteiger partial charge on any atom is 0.336 e. The van der Waals surface area contributed by atoms with Crippen molar-refractivity contribution in [1.82, 2.24) is 4.98 Å². The number of rotatable bonds is 3. The molecule has 27 heavy (non-hydrogen) atoms. The van der Waals surface area contributed by atoms with Crippen molar-refractivity contribution in [3.05, 3.63) is 90.0 Å². The smallest absolute Gasteiger partial charge is 0.336 e. The van der Waals surface area contributed by atoms with E-state index in [1.165, 1.54) is 36.4 Å². The summed E-state index contributed by atoms with van der Waals surface area (Å²) in [6.07, 6.45) is 0. The molecule has 0 saturated carbocycles. The van der Waals surface area contributed by atoms with Crippen LogP contribution in [0.4, 0.5) is 8.78 Å². The first kappa shape index (κ1) is 16.8. The van der Waals surface area contributed by atoms with Gasteiger partial charge in [0.15, 0.2) is 0 Å². The molecule has 132 valence electrons. The van der Waals surface area contributed by atoms with E-state index in [1.54, 1.807) is 24.3 Å². The Balaban J connectivity index is 1.81. The first-order valence-corrected chi connectivity index (χ1v) is 8.22. The third-order valence-electron chi connectivity index (χ3n) is 4.38. The Kier molecular flexibility index (Phi) is 4.12. The molecule has 0 atom stereocenters. The predicted molar refractivity (Wildman–Crippen MR) is 99.5 cm³/mol. The molecule has 0 unspecified atom stereocenters. The maximum atomic E-state index is 14.2. The largest absolute Gasteiger partial charge is 0.478 e. The Morgan fingerprint density at radius 1 is 0.815 bits per heavy atom. The number of pyridine rings is 1. The Bertz CT molecular complexity index is 1150. The third kappa shape index (κ3) is 3.15. The zero-order valence-electron chi connectivity index (χ0n) is 14.0. The molecule has 0 aliphatic heterocycles. The minimum Gasteiger partial charge on any atom is -0.478 e. The Morgan fingerprint density at radius 3 is 2.04 bits per heavy atom. The number of aromatic carboxylic acids is 1. The molecule has 0 radical (unpaired) electrons. The lowest BCUT2D eigenvalue weighted by atomic mass is 10.0. The molecule has 1 heterocycles. The lowest BCUT2D eigenvalue weighted by Crippen LogP contribution is -2.01. The SMILES string of the molecule is O=C(O)c1cc(-c2ccc(-c3ccc(F)cc3)cc2)nc2c(F)cccc12. The summed E-state index contributed by atoms with van der Waals surface area (Å²) in [5, 5.41) is 9.74. The molecule has 4 rings (SSSR count). The minimum absolute atomic E-state index is 0.00267. The number of hydrogen-bond donors (Lipinski definition) is 1. The molecule has 0 fully saturated rings. The summed E-state index contributed by atoms with van der Waals surface area (Å²) < 4.78 is 27.2. The van der Waals surface area contributed by atoms with Gasteiger partial charge in [-0.25, -0.2) is 18.6 Å². The summed E-state index contributed by atoms with van der Waals surface area (Å²) in [5.74, 6) is -2.02. The Morgan fingerprint density at radius 2 is 1.41 bits per heavy atom. The highest BCUT2D eigenvalue weighted by molar-refractivity contribution is 6.03. The standard InChI is InChI=1S/C22H13F2NO2/c23-16-10-8-14(9-11-16)13-4-6-15(7-5-13)20-12-18(22(26)27)17-2-1-3-19(24)21(17)25-20/h1-12H,(H,26,27). The fourth-order valence-electron chi connectivity index (χ4n) is 3.01. The molecule has 0 aliphatic rings. The van der Waals surface area contributed by atoms with Crippen LogP contribution >= 0.6 is 0 Å². The normalized spacial score (nSPS) is 10.9. The van der Waals surface area contributed by atoms with Gasteiger partial charge in [0, 0.05) is 10.9 Å². The molecule has 3 nitrogen and oxygen atoms in total. The van der Waals surface area contributed by atoms with Gasteiger partial charge in [0.1, 0.15) is 17.2 Å². The van der Waals surface area contributed by atoms with Crippen molar-refractivity contribution in [2.75, 3.05) is 0 Å². The highest BCUT2D eigenvalue weighted by atomic mass is 19.1. The van der Waals surface area contributed by atoms with Gasteiger partial charge in [-0.1, -0.05) is 48.5 Å². The number of hydrogen-bond acceptors (Lipinski definition) is 2. The average Bonchev–Trinajstić information content (AvgIpc) is 2.68. The zero-order valence-corrected chi connectivity index (χ0v) is 14.0. The first-order chi connectivity index (χ1) is 13.0. The van der Waals surface area contributed by atoms with Gasteiger partial charge in [-0.15, -0.1) is 0 Å². The van der Waals surface area contributed by atoms with Gasteiger partial charge in [-0.2, -0.15) is 0 Å². The van der Waals surface area contributed by atoms with Gasteiger partial charge >= 0.3 is 5.97 Å². The lowest BCUT2D eigenvalue weighted by Gasteiger charge is -2.09. The molecule has 1 aromatic heterocycles. The van der Waals surface area contributed by atoms with E-state index in [9.17, 15) is 18.7 Å². The fourth-order valence-corrected chi connectivity index (χ4v) is 3.01. The molecule has 0 saturated heterocycles. The van der Waals surface area contributed by atoms with Crippen LogP contribution in [0.15, 0.2) is 72.8 Å². The number of carbonyl (C=O) groups is 1. The van der Waals surface area contributed by atoms with Crippen LogP contribution in [0.25, 0.3) is 33.3 Å². The summed E-state index contributed by atoms with van der Waals surface area (Å²) in [5.41, 5.74) is 2.78. The quantitative estimate of drug-likeness (QED) is 0.521. The van der Waals surface area contributed by atoms with Crippen LogP contribution < -0.4 is 0 Å². The van der Waals surface area contributed by atoms with E-state index < -0.39 is 11.8 Å². The number of fused-ring (bicyclic) bond motifs is 1. The molecule has 3 aromatic carbocycles. The van der Waals surface area contributed by atoms with Crippen LogP contribution in [0, 0.1) is 11.6 Å². The lowest BCUT2D eigenvalue weighted by molar-refractivity contribution is 0.0699. The number of aromatic nitrogens is 1. The summed E-state index contributed by atoms with van der Waals surface area (Å²) in [7, 11) is 0. The Labute approximate surface area is 153 Å². The van der Waals surface area contributed by atoms with Crippen molar-refractivity contribution in [3.8, 4) is 22.4 Å². The molecule has 0 aliphatic carbocycles. The summed E-state index contributed by atoms with van der Waals surface area (Å²) in [6.45, 7) is 0. The van der Waals surface area contributed by atoms with Crippen molar-refractivity contribution >= 4 is 16.9 Å². The highest BCUT2D eigenvalue weighted by Crippen LogP contribution is 2.28. The van der Waals surface area contributed by atoms with Crippen molar-refractivity contribution in [3.63, 3.8) is 0 Å². The van der Waals surface area contributed by atoms with E-state index in [0.29, 0.717) is 11.3 Å². The highest BCUT2D eigenvalue weighted by Gasteiger charge is 2.15. The first-order valence-electron chi connectivity index (χ1n) is 8.22. The van der Waals surface area contributed by atoms with E-state index in [-0.39, 0.29) is 22.3 Å². The van der Waals surface area contributed by atoms with Gasteiger partial charge < -0.3 is 5.11 Å². The van der Waals surface area contributed by atoms with Gasteiger partial charge in [0.2, 0.25) is 0 Å². The molecule has 1 N–H and O–H groups in total. The average molecular weight is 361 g/mol. The number of halogens is 2. The van der Waals surface area contributed by atoms with E-state index in [1.807, 2.05) is 12.1 Å². The number of carboxylic acids is 1. The van der Waals surface area contributed by atoms with Gasteiger partial charge in [0.25, 0.3) is 0 Å². The molecule has 4 aromatic rings. The molecule has 0 bridgehead atoms. The molecule has 5 heteroatoms. The van der Waals surface area contributed by atoms with Crippen molar-refractivity contribution in [2.24, 2.45) is 0 Å². The monoisotopic (exact) mass is 361 g/mol. The van der Waals surface area contributed by atoms with Crippen molar-refractivity contribution in [1.29, 1.82) is 0 Å². The molecular formula is C22H13F2NO2. The molecule has 0 spiro atoms. The second kappa shape index (κ2) is 6.61. The maximum absolute atomic E-state index is 14.2. The van der Waals surface area contributed by atoms with Gasteiger partial charge in [-0.05, 0) is 35.4 Å². The van der Waals surface area contributed by atoms with E-state index in [2.05, 4.69) is 4.98 Å². The van der Waals surface area contributed by atoms with Crippen molar-refractivity contribution < 1.29 is 18.7 Å². The summed E-state index contributed by atoms with van der Waals surface area (Å²) in [4.78, 5) is 15.9. The fraction of sp³-hybridized carbons (Fsp3) is 0. The second-order valence-electron chi connectivity index (χ2n) is 6.08. The van der Waals surface area contributed by atoms with E-state index in [0.717, 1.165) is 11.1 Å². The second-order valence-corrected chi connectivity index (χ2v) is 6.08. The number of para-hydroxylation sites is 1. The topological polar surface area (TPSA) is 50.2 Å². The van der Waals surface area contributed by atoms with E-state index >= 15 is 0 Å². The van der Waals surface area contributed by atoms with Crippen LogP contribution in [0.2, 0.25) is 0 Å². The minimum atomic E-state index is -1.14. The van der Waals surface area contributed by atoms with Crippen LogP contribution in [0.3, 0.4) is 0 Å². The van der Waals surface area contributed by atoms with Crippen LogP contribution in [-0.4, -0.2) is 16.1 Å². The molecular weight excluding hydrogens is 348 g/mol. The summed E-state index contributed by atoms with van der Waals surface area (Å²) in [6, 6.07) is 19.0. The van der Waals surface area contributed by atoms with Gasteiger partial charge in [-0.3, -0.25) is 0 Å². The van der Waals surface area contributed by atoms with E-state index in [4.69, 9.17) is 0 Å². The van der Waals surface area contributed by atoms with Crippen LogP contribution in [0.5, 0.6) is 0 Å². The number of carboxylic acid groups (broad SMARTS) is 1. The predicted octanol–water partition coefficient (Wildman–Crippen LogP) is 5.55. The third-order valence-corrected chi connectivity index (χ3v) is 4.38. The number of nitrogens with zero attached hydrogens (tertiary/aromatic N) is 1. The van der Waals surface area contributed by atoms with Gasteiger partial charge in [0.05, 0.1) is 11.3 Å². The van der Waals surface area contributed by atoms with Crippen LogP contribution in [0.1, 0.15) is 10.4 Å². The summed E-state index contributed by atoms with van der Waals surface area (Å²) >= 11 is 0.